The maximum absolute atomic E-state index is 12.2. The zero-order valence-electron chi connectivity index (χ0n) is 10.3. The van der Waals surface area contributed by atoms with Crippen molar-refractivity contribution in [3.05, 3.63) is 71.8 Å². The zero-order valence-corrected chi connectivity index (χ0v) is 10.3. The minimum atomic E-state index is -1.78. The van der Waals surface area contributed by atoms with Crippen LogP contribution in [0.5, 0.6) is 0 Å². The molecule has 0 spiro atoms. The average Bonchev–Trinajstić information content (AvgIpc) is 2.38. The second-order valence-electron chi connectivity index (χ2n) is 4.12. The van der Waals surface area contributed by atoms with Crippen LogP contribution in [0.2, 0.25) is 0 Å². The van der Waals surface area contributed by atoms with Gasteiger partial charge in [0, 0.05) is 12.2 Å². The Morgan fingerprint density at radius 1 is 0.650 bits per heavy atom. The first-order valence-corrected chi connectivity index (χ1v) is 5.80. The Kier molecular flexibility index (Phi) is 4.35. The first-order chi connectivity index (χ1) is 9.54. The molecule has 0 saturated carbocycles. The molecule has 0 saturated heterocycles. The topological polar surface area (TPSA) is 0 Å². The third kappa shape index (κ3) is 3.82. The van der Waals surface area contributed by atoms with Crippen molar-refractivity contribution in [1.29, 1.82) is 0 Å². The molecule has 2 aromatic rings. The summed E-state index contributed by atoms with van der Waals surface area (Å²) in [6.45, 7) is 0. The fraction of sp³-hybridized carbons (Fsp3) is 0. The van der Waals surface area contributed by atoms with E-state index in [0.717, 1.165) is 12.2 Å². The predicted octanol–water partition coefficient (Wildman–Crippen LogP) is 5.83. The molecule has 0 aliphatic rings. The Bertz CT molecular complexity index is 604. The van der Waals surface area contributed by atoms with Crippen molar-refractivity contribution in [1.82, 2.24) is 0 Å². The summed E-state index contributed by atoms with van der Waals surface area (Å²) >= 11 is 0. The number of rotatable bonds is 3. The Hall–Kier alpha value is -2.36. The maximum atomic E-state index is 12.2. The largest absolute Gasteiger partial charge is 0.270 e. The van der Waals surface area contributed by atoms with Crippen molar-refractivity contribution in [3.63, 3.8) is 0 Å². The SMILES string of the molecule is FC(F)=Cc1cccc(-c2cccc(C=C(F)F)c2)c1. The second kappa shape index (κ2) is 6.19. The molecule has 0 fully saturated rings. The van der Waals surface area contributed by atoms with E-state index in [1.807, 2.05) is 0 Å². The van der Waals surface area contributed by atoms with Gasteiger partial charge in [-0.15, -0.1) is 0 Å². The normalized spacial score (nSPS) is 10.0. The summed E-state index contributed by atoms with van der Waals surface area (Å²) in [4.78, 5) is 0. The fourth-order valence-electron chi connectivity index (χ4n) is 1.87. The van der Waals surface area contributed by atoms with E-state index in [0.29, 0.717) is 22.3 Å². The standard InChI is InChI=1S/C16H10F4/c17-15(18)9-11-3-1-5-13(7-11)14-6-2-4-12(8-14)10-16(19)20/h1-10H. The van der Waals surface area contributed by atoms with Crippen molar-refractivity contribution < 1.29 is 17.6 Å². The molecule has 0 unspecified atom stereocenters. The van der Waals surface area contributed by atoms with Gasteiger partial charge >= 0.3 is 0 Å². The number of halogens is 4. The number of benzene rings is 2. The molecule has 0 N–H and O–H groups in total. The minimum Gasteiger partial charge on any atom is -0.173 e. The van der Waals surface area contributed by atoms with Crippen LogP contribution in [-0.2, 0) is 0 Å². The van der Waals surface area contributed by atoms with Crippen molar-refractivity contribution in [2.75, 3.05) is 0 Å². The lowest BCUT2D eigenvalue weighted by Crippen LogP contribution is -1.81. The Labute approximate surface area is 113 Å². The van der Waals surface area contributed by atoms with E-state index in [1.54, 1.807) is 48.5 Å². The number of hydrogen-bond donors (Lipinski definition) is 0. The van der Waals surface area contributed by atoms with Gasteiger partial charge in [-0.3, -0.25) is 0 Å². The first kappa shape index (κ1) is 14.1. The van der Waals surface area contributed by atoms with Gasteiger partial charge in [0.05, 0.1) is 0 Å². The highest BCUT2D eigenvalue weighted by atomic mass is 19.3. The highest BCUT2D eigenvalue weighted by Gasteiger charge is 2.01. The van der Waals surface area contributed by atoms with Gasteiger partial charge in [-0.05, 0) is 34.4 Å². The summed E-state index contributed by atoms with van der Waals surface area (Å²) in [6, 6.07) is 13.0. The molecule has 20 heavy (non-hydrogen) atoms. The lowest BCUT2D eigenvalue weighted by Gasteiger charge is -2.04. The van der Waals surface area contributed by atoms with Crippen LogP contribution in [0, 0.1) is 0 Å². The van der Waals surface area contributed by atoms with Gasteiger partial charge < -0.3 is 0 Å². The molecule has 0 radical (unpaired) electrons. The van der Waals surface area contributed by atoms with E-state index >= 15 is 0 Å². The molecular formula is C16H10F4. The molecule has 102 valence electrons. The molecule has 0 aliphatic heterocycles. The van der Waals surface area contributed by atoms with Crippen LogP contribution in [0.15, 0.2) is 60.7 Å². The van der Waals surface area contributed by atoms with Crippen LogP contribution in [0.4, 0.5) is 17.6 Å². The van der Waals surface area contributed by atoms with Gasteiger partial charge in [-0.1, -0.05) is 36.4 Å². The summed E-state index contributed by atoms with van der Waals surface area (Å²) in [7, 11) is 0. The van der Waals surface area contributed by atoms with Crippen LogP contribution in [0.3, 0.4) is 0 Å². The molecule has 0 bridgehead atoms. The molecule has 0 atom stereocenters. The molecule has 4 heteroatoms. The first-order valence-electron chi connectivity index (χ1n) is 5.80. The van der Waals surface area contributed by atoms with Crippen molar-refractivity contribution >= 4 is 12.2 Å². The Morgan fingerprint density at radius 3 is 1.40 bits per heavy atom. The van der Waals surface area contributed by atoms with Crippen molar-refractivity contribution in [3.8, 4) is 11.1 Å². The fourth-order valence-corrected chi connectivity index (χ4v) is 1.87. The quantitative estimate of drug-likeness (QED) is 0.620. The Morgan fingerprint density at radius 2 is 1.05 bits per heavy atom. The average molecular weight is 278 g/mol. The molecule has 0 aromatic heterocycles. The molecule has 0 heterocycles. The van der Waals surface area contributed by atoms with Gasteiger partial charge in [0.15, 0.2) is 0 Å². The summed E-state index contributed by atoms with van der Waals surface area (Å²) in [5, 5.41) is 0. The van der Waals surface area contributed by atoms with E-state index in [1.165, 1.54) is 0 Å². The molecule has 0 aliphatic carbocycles. The van der Waals surface area contributed by atoms with Gasteiger partial charge in [0.2, 0.25) is 0 Å². The molecule has 2 aromatic carbocycles. The molecule has 0 amide bonds. The third-order valence-corrected chi connectivity index (χ3v) is 2.66. The summed E-state index contributed by atoms with van der Waals surface area (Å²) in [5.74, 6) is 0. The summed E-state index contributed by atoms with van der Waals surface area (Å²) in [6.07, 6.45) is -2.04. The minimum absolute atomic E-state index is 0.361. The third-order valence-electron chi connectivity index (χ3n) is 2.66. The zero-order chi connectivity index (χ0) is 14.5. The highest BCUT2D eigenvalue weighted by Crippen LogP contribution is 2.24. The second-order valence-corrected chi connectivity index (χ2v) is 4.12. The highest BCUT2D eigenvalue weighted by molar-refractivity contribution is 5.70. The van der Waals surface area contributed by atoms with Gasteiger partial charge in [-0.25, -0.2) is 0 Å². The van der Waals surface area contributed by atoms with E-state index in [2.05, 4.69) is 0 Å². The lowest BCUT2D eigenvalue weighted by molar-refractivity contribution is 0.428. The van der Waals surface area contributed by atoms with E-state index in [-0.39, 0.29) is 0 Å². The van der Waals surface area contributed by atoms with E-state index in [9.17, 15) is 17.6 Å². The van der Waals surface area contributed by atoms with Crippen LogP contribution in [0.25, 0.3) is 23.3 Å². The smallest absolute Gasteiger partial charge is 0.173 e. The van der Waals surface area contributed by atoms with E-state index in [4.69, 9.17) is 0 Å². The van der Waals surface area contributed by atoms with Crippen molar-refractivity contribution in [2.24, 2.45) is 0 Å². The molecule has 0 nitrogen and oxygen atoms in total. The summed E-state index contributed by atoms with van der Waals surface area (Å²) < 4.78 is 48.9. The Balaban J connectivity index is 2.41. The maximum Gasteiger partial charge on any atom is 0.270 e. The molecule has 2 rings (SSSR count). The number of hydrogen-bond acceptors (Lipinski definition) is 0. The predicted molar refractivity (Wildman–Crippen MR) is 72.3 cm³/mol. The van der Waals surface area contributed by atoms with Crippen LogP contribution >= 0.6 is 0 Å². The van der Waals surface area contributed by atoms with Crippen LogP contribution < -0.4 is 0 Å². The summed E-state index contributed by atoms with van der Waals surface area (Å²) in [5.41, 5.74) is 2.10. The van der Waals surface area contributed by atoms with Crippen LogP contribution in [-0.4, -0.2) is 0 Å². The van der Waals surface area contributed by atoms with Crippen LogP contribution in [0.1, 0.15) is 11.1 Å². The van der Waals surface area contributed by atoms with E-state index < -0.39 is 12.2 Å². The molecular weight excluding hydrogens is 268 g/mol. The lowest BCUT2D eigenvalue weighted by atomic mass is 10.0. The van der Waals surface area contributed by atoms with Gasteiger partial charge in [0.1, 0.15) is 0 Å². The van der Waals surface area contributed by atoms with Crippen molar-refractivity contribution in [2.45, 2.75) is 0 Å². The van der Waals surface area contributed by atoms with Gasteiger partial charge in [-0.2, -0.15) is 17.6 Å². The monoisotopic (exact) mass is 278 g/mol. The van der Waals surface area contributed by atoms with Gasteiger partial charge in [0.25, 0.3) is 12.2 Å².